The smallest absolute Gasteiger partial charge is 0.303 e. The maximum Gasteiger partial charge on any atom is 0.303 e. The van der Waals surface area contributed by atoms with E-state index in [2.05, 4.69) is 64.4 Å². The molecule has 0 amide bonds. The molecule has 0 saturated carbocycles. The minimum atomic E-state index is -0.777. The second-order valence-corrected chi connectivity index (χ2v) is 8.77. The van der Waals surface area contributed by atoms with Crippen molar-refractivity contribution in [2.75, 3.05) is 31.1 Å². The first-order valence-corrected chi connectivity index (χ1v) is 11.6. The highest BCUT2D eigenvalue weighted by atomic mass is 16.5. The highest BCUT2D eigenvalue weighted by molar-refractivity contribution is 5.68. The number of nitrogens with zero attached hydrogens (tertiary/aromatic N) is 2. The van der Waals surface area contributed by atoms with Crippen LogP contribution in [-0.4, -0.2) is 42.2 Å². The lowest BCUT2D eigenvalue weighted by atomic mass is 9.98. The molecule has 1 atom stereocenters. The summed E-state index contributed by atoms with van der Waals surface area (Å²) < 4.78 is 5.92. The Morgan fingerprint density at radius 2 is 1.52 bits per heavy atom. The molecule has 0 aromatic heterocycles. The molecule has 172 valence electrons. The first-order valence-electron chi connectivity index (χ1n) is 11.6. The van der Waals surface area contributed by atoms with Crippen LogP contribution in [0.3, 0.4) is 0 Å². The Kier molecular flexibility index (Phi) is 7.63. The fourth-order valence-electron chi connectivity index (χ4n) is 4.24. The summed E-state index contributed by atoms with van der Waals surface area (Å²) in [7, 11) is 0. The van der Waals surface area contributed by atoms with Crippen molar-refractivity contribution in [3.05, 3.63) is 95.6 Å². The van der Waals surface area contributed by atoms with E-state index in [1.807, 2.05) is 31.2 Å². The van der Waals surface area contributed by atoms with Gasteiger partial charge in [-0.05, 0) is 46.9 Å². The molecule has 1 fully saturated rings. The van der Waals surface area contributed by atoms with Gasteiger partial charge in [0, 0.05) is 38.4 Å². The van der Waals surface area contributed by atoms with E-state index in [0.717, 1.165) is 49.6 Å². The van der Waals surface area contributed by atoms with Crippen LogP contribution < -0.4 is 9.64 Å². The molecule has 5 nitrogen and oxygen atoms in total. The molecule has 3 aromatic carbocycles. The Balaban J connectivity index is 1.22. The van der Waals surface area contributed by atoms with Crippen LogP contribution >= 0.6 is 0 Å². The lowest BCUT2D eigenvalue weighted by Gasteiger charge is -2.36. The summed E-state index contributed by atoms with van der Waals surface area (Å²) in [6.07, 6.45) is 0.134. The van der Waals surface area contributed by atoms with Crippen molar-refractivity contribution in [3.63, 3.8) is 0 Å². The monoisotopic (exact) mass is 444 g/mol. The van der Waals surface area contributed by atoms with Gasteiger partial charge in [-0.2, -0.15) is 0 Å². The number of hydrogen-bond donors (Lipinski definition) is 1. The molecule has 33 heavy (non-hydrogen) atoms. The van der Waals surface area contributed by atoms with Crippen molar-refractivity contribution in [2.24, 2.45) is 0 Å². The van der Waals surface area contributed by atoms with Gasteiger partial charge in [-0.25, -0.2) is 0 Å². The van der Waals surface area contributed by atoms with E-state index >= 15 is 0 Å². The van der Waals surface area contributed by atoms with Crippen LogP contribution in [0.4, 0.5) is 5.69 Å². The summed E-state index contributed by atoms with van der Waals surface area (Å²) in [5.41, 5.74) is 4.78. The molecule has 3 aromatic rings. The minimum Gasteiger partial charge on any atom is -0.489 e. The Labute approximate surface area is 196 Å². The van der Waals surface area contributed by atoms with E-state index < -0.39 is 5.97 Å². The first kappa shape index (κ1) is 22.9. The molecule has 1 unspecified atom stereocenters. The Morgan fingerprint density at radius 1 is 0.879 bits per heavy atom. The van der Waals surface area contributed by atoms with Crippen molar-refractivity contribution < 1.29 is 14.6 Å². The largest absolute Gasteiger partial charge is 0.489 e. The molecule has 5 heteroatoms. The first-order chi connectivity index (χ1) is 16.1. The van der Waals surface area contributed by atoms with Crippen molar-refractivity contribution in [3.8, 4) is 5.75 Å². The van der Waals surface area contributed by atoms with E-state index in [9.17, 15) is 4.79 Å². The molecule has 0 spiro atoms. The zero-order chi connectivity index (χ0) is 23.0. The van der Waals surface area contributed by atoms with Crippen molar-refractivity contribution in [1.82, 2.24) is 4.90 Å². The quantitative estimate of drug-likeness (QED) is 0.494. The highest BCUT2D eigenvalue weighted by Crippen LogP contribution is 2.23. The number of carboxylic acids is 1. The molecule has 0 radical (unpaired) electrons. The predicted molar refractivity (Wildman–Crippen MR) is 132 cm³/mol. The zero-order valence-corrected chi connectivity index (χ0v) is 19.2. The molecule has 1 aliphatic rings. The van der Waals surface area contributed by atoms with Crippen molar-refractivity contribution in [2.45, 2.75) is 32.4 Å². The summed E-state index contributed by atoms with van der Waals surface area (Å²) in [5, 5.41) is 8.95. The fourth-order valence-corrected chi connectivity index (χ4v) is 4.24. The van der Waals surface area contributed by atoms with E-state index in [4.69, 9.17) is 9.84 Å². The summed E-state index contributed by atoms with van der Waals surface area (Å²) >= 11 is 0. The maximum atomic E-state index is 10.9. The maximum absolute atomic E-state index is 10.9. The average molecular weight is 445 g/mol. The number of carboxylic acid groups (broad SMARTS) is 1. The van der Waals surface area contributed by atoms with Gasteiger partial charge in [-0.15, -0.1) is 0 Å². The number of rotatable bonds is 9. The highest BCUT2D eigenvalue weighted by Gasteiger charge is 2.17. The lowest BCUT2D eigenvalue weighted by Crippen LogP contribution is -2.45. The van der Waals surface area contributed by atoms with E-state index in [-0.39, 0.29) is 12.3 Å². The number of para-hydroxylation sites is 1. The number of hydrogen-bond acceptors (Lipinski definition) is 4. The molecular formula is C28H32N2O3. The fraction of sp³-hybridized carbons (Fsp3) is 0.321. The number of aliphatic carboxylic acids is 1. The second-order valence-electron chi connectivity index (χ2n) is 8.77. The van der Waals surface area contributed by atoms with Crippen LogP contribution in [0.25, 0.3) is 0 Å². The van der Waals surface area contributed by atoms with Gasteiger partial charge in [0.05, 0.1) is 6.42 Å². The Morgan fingerprint density at radius 3 is 2.15 bits per heavy atom. The minimum absolute atomic E-state index is 0.00888. The van der Waals surface area contributed by atoms with Crippen LogP contribution in [-0.2, 0) is 17.9 Å². The number of piperazine rings is 1. The summed E-state index contributed by atoms with van der Waals surface area (Å²) in [6, 6.07) is 27.0. The molecule has 0 bridgehead atoms. The molecule has 1 N–H and O–H groups in total. The molecule has 1 aliphatic heterocycles. The third kappa shape index (κ3) is 6.59. The standard InChI is InChI=1S/C28H32N2O3/c1-22(19-28(31)32)25-11-13-27(14-12-25)33-21-24-9-7-23(8-10-24)20-29-15-17-30(18-16-29)26-5-3-2-4-6-26/h2-14,22H,15-21H2,1H3,(H,31,32). The Bertz CT molecular complexity index is 1010. The van der Waals surface area contributed by atoms with E-state index in [1.54, 1.807) is 0 Å². The number of carbonyl (C=O) groups is 1. The molecule has 0 aliphatic carbocycles. The number of benzene rings is 3. The van der Waals surface area contributed by atoms with Crippen LogP contribution in [0.5, 0.6) is 5.75 Å². The van der Waals surface area contributed by atoms with Crippen molar-refractivity contribution >= 4 is 11.7 Å². The van der Waals surface area contributed by atoms with Gasteiger partial charge < -0.3 is 14.7 Å². The summed E-state index contributed by atoms with van der Waals surface area (Å²) in [6.45, 7) is 7.67. The van der Waals surface area contributed by atoms with Gasteiger partial charge >= 0.3 is 5.97 Å². The number of anilines is 1. The summed E-state index contributed by atoms with van der Waals surface area (Å²) in [5.74, 6) is 0.00719. The van der Waals surface area contributed by atoms with Gasteiger partial charge in [0.1, 0.15) is 12.4 Å². The van der Waals surface area contributed by atoms with Gasteiger partial charge in [0.2, 0.25) is 0 Å². The third-order valence-electron chi connectivity index (χ3n) is 6.26. The lowest BCUT2D eigenvalue weighted by molar-refractivity contribution is -0.137. The molecule has 1 saturated heterocycles. The average Bonchev–Trinajstić information content (AvgIpc) is 2.84. The van der Waals surface area contributed by atoms with Crippen molar-refractivity contribution in [1.29, 1.82) is 0 Å². The number of ether oxygens (including phenoxy) is 1. The molecule has 4 rings (SSSR count). The van der Waals surface area contributed by atoms with E-state index in [0.29, 0.717) is 6.61 Å². The predicted octanol–water partition coefficient (Wildman–Crippen LogP) is 5.17. The van der Waals surface area contributed by atoms with Crippen LogP contribution in [0.2, 0.25) is 0 Å². The molecular weight excluding hydrogens is 412 g/mol. The normalized spacial score (nSPS) is 15.2. The van der Waals surface area contributed by atoms with E-state index in [1.165, 1.54) is 11.3 Å². The van der Waals surface area contributed by atoms with Gasteiger partial charge in [0.25, 0.3) is 0 Å². The van der Waals surface area contributed by atoms with Crippen LogP contribution in [0, 0.1) is 0 Å². The summed E-state index contributed by atoms with van der Waals surface area (Å²) in [4.78, 5) is 15.8. The zero-order valence-electron chi connectivity index (χ0n) is 19.2. The topological polar surface area (TPSA) is 53.0 Å². The third-order valence-corrected chi connectivity index (χ3v) is 6.26. The Hall–Kier alpha value is -3.31. The van der Waals surface area contributed by atoms with Gasteiger partial charge in [-0.1, -0.05) is 61.5 Å². The van der Waals surface area contributed by atoms with Crippen LogP contribution in [0.15, 0.2) is 78.9 Å². The van der Waals surface area contributed by atoms with Gasteiger partial charge in [-0.3, -0.25) is 9.69 Å². The van der Waals surface area contributed by atoms with Gasteiger partial charge in [0.15, 0.2) is 0 Å². The second kappa shape index (κ2) is 11.0. The van der Waals surface area contributed by atoms with Crippen LogP contribution in [0.1, 0.15) is 36.0 Å². The SMILES string of the molecule is CC(CC(=O)O)c1ccc(OCc2ccc(CN3CCN(c4ccccc4)CC3)cc2)cc1. The molecule has 1 heterocycles.